The van der Waals surface area contributed by atoms with Gasteiger partial charge in [0.25, 0.3) is 0 Å². The van der Waals surface area contributed by atoms with Crippen molar-refractivity contribution < 1.29 is 14.7 Å². The standard InChI is InChI=1S/C13H22N2O3/c1-6(7(2)14)12(16)15-11-9-4-3-8(5-9)10(11)13(17)18/h6-11H,3-5,14H2,1-2H3,(H,15,16)(H,17,18). The van der Waals surface area contributed by atoms with Gasteiger partial charge in [0.05, 0.1) is 5.92 Å². The molecule has 18 heavy (non-hydrogen) atoms. The fourth-order valence-electron chi connectivity index (χ4n) is 3.39. The van der Waals surface area contributed by atoms with E-state index in [9.17, 15) is 14.7 Å². The zero-order valence-electron chi connectivity index (χ0n) is 10.9. The molecule has 2 rings (SSSR count). The van der Waals surface area contributed by atoms with Crippen molar-refractivity contribution in [3.63, 3.8) is 0 Å². The third-order valence-electron chi connectivity index (χ3n) is 4.71. The van der Waals surface area contributed by atoms with E-state index in [1.54, 1.807) is 13.8 Å². The number of hydrogen-bond donors (Lipinski definition) is 3. The second kappa shape index (κ2) is 4.88. The Kier molecular flexibility index (Phi) is 3.61. The maximum Gasteiger partial charge on any atom is 0.308 e. The molecular formula is C13H22N2O3. The molecule has 6 unspecified atom stereocenters. The van der Waals surface area contributed by atoms with Gasteiger partial charge in [-0.1, -0.05) is 6.92 Å². The van der Waals surface area contributed by atoms with E-state index in [1.807, 2.05) is 0 Å². The molecule has 0 aromatic rings. The highest BCUT2D eigenvalue weighted by molar-refractivity contribution is 5.81. The SMILES string of the molecule is CC(N)C(C)C(=O)NC1C2CCC(C2)C1C(=O)O. The van der Waals surface area contributed by atoms with Crippen LogP contribution >= 0.6 is 0 Å². The average molecular weight is 254 g/mol. The molecule has 1 amide bonds. The molecule has 0 spiro atoms. The molecule has 5 nitrogen and oxygen atoms in total. The van der Waals surface area contributed by atoms with E-state index in [1.165, 1.54) is 0 Å². The smallest absolute Gasteiger partial charge is 0.308 e. The third-order valence-corrected chi connectivity index (χ3v) is 4.71. The van der Waals surface area contributed by atoms with E-state index >= 15 is 0 Å². The highest BCUT2D eigenvalue weighted by Crippen LogP contribution is 2.48. The number of carboxylic acids is 1. The Balaban J connectivity index is 2.04. The van der Waals surface area contributed by atoms with Crippen molar-refractivity contribution in [2.75, 3.05) is 0 Å². The van der Waals surface area contributed by atoms with Gasteiger partial charge >= 0.3 is 5.97 Å². The van der Waals surface area contributed by atoms with Crippen molar-refractivity contribution in [3.05, 3.63) is 0 Å². The fourth-order valence-corrected chi connectivity index (χ4v) is 3.39. The summed E-state index contributed by atoms with van der Waals surface area (Å²) in [5, 5.41) is 12.2. The number of nitrogens with two attached hydrogens (primary N) is 1. The first-order valence-electron chi connectivity index (χ1n) is 6.70. The van der Waals surface area contributed by atoms with Crippen LogP contribution in [-0.4, -0.2) is 29.1 Å². The highest BCUT2D eigenvalue weighted by atomic mass is 16.4. The molecule has 0 aromatic carbocycles. The van der Waals surface area contributed by atoms with Gasteiger partial charge in [-0.25, -0.2) is 0 Å². The molecule has 2 bridgehead atoms. The summed E-state index contributed by atoms with van der Waals surface area (Å²) in [4.78, 5) is 23.3. The van der Waals surface area contributed by atoms with E-state index in [0.29, 0.717) is 5.92 Å². The predicted octanol–water partition coefficient (Wildman–Crippen LogP) is 0.585. The van der Waals surface area contributed by atoms with Gasteiger partial charge in [-0.3, -0.25) is 9.59 Å². The fraction of sp³-hybridized carbons (Fsp3) is 0.846. The van der Waals surface area contributed by atoms with Crippen molar-refractivity contribution in [1.29, 1.82) is 0 Å². The Hall–Kier alpha value is -1.10. The van der Waals surface area contributed by atoms with E-state index in [2.05, 4.69) is 5.32 Å². The number of amides is 1. The second-order valence-electron chi connectivity index (χ2n) is 5.88. The molecule has 0 heterocycles. The van der Waals surface area contributed by atoms with Gasteiger partial charge < -0.3 is 16.2 Å². The Labute approximate surface area is 107 Å². The number of aliphatic carboxylic acids is 1. The highest BCUT2D eigenvalue weighted by Gasteiger charge is 2.51. The molecule has 2 aliphatic carbocycles. The van der Waals surface area contributed by atoms with Gasteiger partial charge in [-0.05, 0) is 38.0 Å². The van der Waals surface area contributed by atoms with Crippen LogP contribution in [0.5, 0.6) is 0 Å². The van der Waals surface area contributed by atoms with Crippen LogP contribution in [0.25, 0.3) is 0 Å². The van der Waals surface area contributed by atoms with Crippen molar-refractivity contribution in [2.24, 2.45) is 29.4 Å². The van der Waals surface area contributed by atoms with Crippen molar-refractivity contribution in [2.45, 2.75) is 45.2 Å². The zero-order chi connectivity index (χ0) is 13.4. The second-order valence-corrected chi connectivity index (χ2v) is 5.88. The molecule has 4 N–H and O–H groups in total. The van der Waals surface area contributed by atoms with Crippen LogP contribution in [0.1, 0.15) is 33.1 Å². The van der Waals surface area contributed by atoms with Crippen molar-refractivity contribution in [1.82, 2.24) is 5.32 Å². The van der Waals surface area contributed by atoms with Crippen LogP contribution in [0.3, 0.4) is 0 Å². The van der Waals surface area contributed by atoms with Gasteiger partial charge in [-0.15, -0.1) is 0 Å². The molecule has 0 aliphatic heterocycles. The molecule has 0 saturated heterocycles. The van der Waals surface area contributed by atoms with Crippen LogP contribution in [0, 0.1) is 23.7 Å². The molecule has 2 fully saturated rings. The molecule has 0 aromatic heterocycles. The van der Waals surface area contributed by atoms with E-state index in [4.69, 9.17) is 5.73 Å². The predicted molar refractivity (Wildman–Crippen MR) is 66.7 cm³/mol. The lowest BCUT2D eigenvalue weighted by Crippen LogP contribution is -2.50. The van der Waals surface area contributed by atoms with Crippen LogP contribution < -0.4 is 11.1 Å². The summed E-state index contributed by atoms with van der Waals surface area (Å²) < 4.78 is 0. The average Bonchev–Trinajstić information content (AvgIpc) is 2.87. The minimum Gasteiger partial charge on any atom is -0.481 e. The third kappa shape index (κ3) is 2.23. The summed E-state index contributed by atoms with van der Waals surface area (Å²) >= 11 is 0. The molecule has 2 saturated carbocycles. The first-order chi connectivity index (χ1) is 8.41. The molecular weight excluding hydrogens is 232 g/mol. The lowest BCUT2D eigenvalue weighted by molar-refractivity contribution is -0.145. The van der Waals surface area contributed by atoms with E-state index in [0.717, 1.165) is 19.3 Å². The number of carbonyl (C=O) groups excluding carboxylic acids is 1. The number of carbonyl (C=O) groups is 2. The van der Waals surface area contributed by atoms with Crippen LogP contribution in [0.2, 0.25) is 0 Å². The first-order valence-corrected chi connectivity index (χ1v) is 6.70. The van der Waals surface area contributed by atoms with Crippen LogP contribution in [-0.2, 0) is 9.59 Å². The van der Waals surface area contributed by atoms with Gasteiger partial charge in [0.15, 0.2) is 0 Å². The Bertz CT molecular complexity index is 356. The molecule has 0 radical (unpaired) electrons. The summed E-state index contributed by atoms with van der Waals surface area (Å²) in [6, 6.07) is -0.415. The van der Waals surface area contributed by atoms with Crippen LogP contribution in [0.4, 0.5) is 0 Å². The first kappa shape index (κ1) is 13.3. The Morgan fingerprint density at radius 3 is 2.44 bits per heavy atom. The monoisotopic (exact) mass is 254 g/mol. The maximum absolute atomic E-state index is 12.0. The minimum atomic E-state index is -0.777. The number of rotatable bonds is 4. The largest absolute Gasteiger partial charge is 0.481 e. The van der Waals surface area contributed by atoms with Crippen LogP contribution in [0.15, 0.2) is 0 Å². The summed E-state index contributed by atoms with van der Waals surface area (Å²) in [5.74, 6) is -1.01. The summed E-state index contributed by atoms with van der Waals surface area (Å²) in [7, 11) is 0. The number of carboxylic acid groups (broad SMARTS) is 1. The number of hydrogen-bond acceptors (Lipinski definition) is 3. The minimum absolute atomic E-state index is 0.117. The lowest BCUT2D eigenvalue weighted by Gasteiger charge is -2.30. The van der Waals surface area contributed by atoms with E-state index < -0.39 is 11.9 Å². The normalized spacial score (nSPS) is 37.3. The molecule has 6 atom stereocenters. The topological polar surface area (TPSA) is 92.4 Å². The summed E-state index contributed by atoms with van der Waals surface area (Å²) in [6.45, 7) is 3.57. The quantitative estimate of drug-likeness (QED) is 0.684. The Morgan fingerprint density at radius 1 is 1.28 bits per heavy atom. The number of fused-ring (bicyclic) bond motifs is 2. The number of nitrogens with one attached hydrogen (secondary N) is 1. The summed E-state index contributed by atoms with van der Waals surface area (Å²) in [6.07, 6.45) is 2.96. The van der Waals surface area contributed by atoms with Crippen molar-refractivity contribution >= 4 is 11.9 Å². The molecule has 102 valence electrons. The van der Waals surface area contributed by atoms with Gasteiger partial charge in [0.2, 0.25) is 5.91 Å². The van der Waals surface area contributed by atoms with Crippen molar-refractivity contribution in [3.8, 4) is 0 Å². The molecule has 2 aliphatic rings. The molecule has 5 heteroatoms. The van der Waals surface area contributed by atoms with Gasteiger partial charge in [0.1, 0.15) is 0 Å². The maximum atomic E-state index is 12.0. The van der Waals surface area contributed by atoms with E-state index in [-0.39, 0.29) is 29.8 Å². The zero-order valence-corrected chi connectivity index (χ0v) is 10.9. The Morgan fingerprint density at radius 2 is 1.89 bits per heavy atom. The summed E-state index contributed by atoms with van der Waals surface area (Å²) in [5.41, 5.74) is 5.70. The lowest BCUT2D eigenvalue weighted by atomic mass is 9.84. The van der Waals surface area contributed by atoms with Gasteiger partial charge in [0, 0.05) is 18.0 Å². The van der Waals surface area contributed by atoms with Gasteiger partial charge in [-0.2, -0.15) is 0 Å².